The molecule has 3 rings (SSSR count). The molecule has 4 heteroatoms. The van der Waals surface area contributed by atoms with Gasteiger partial charge in [-0.15, -0.1) is 0 Å². The summed E-state index contributed by atoms with van der Waals surface area (Å²) >= 11 is 0. The number of halogens is 1. The summed E-state index contributed by atoms with van der Waals surface area (Å²) in [6.45, 7) is 0.672. The highest BCUT2D eigenvalue weighted by Crippen LogP contribution is 2.50. The third-order valence-electron chi connectivity index (χ3n) is 3.91. The third kappa shape index (κ3) is 1.88. The van der Waals surface area contributed by atoms with E-state index in [1.54, 1.807) is 17.0 Å². The first kappa shape index (κ1) is 10.6. The lowest BCUT2D eigenvalue weighted by Gasteiger charge is -2.24. The maximum absolute atomic E-state index is 12.8. The van der Waals surface area contributed by atoms with Crippen LogP contribution in [0.1, 0.15) is 12.0 Å². The zero-order valence-corrected chi connectivity index (χ0v) is 9.34. The van der Waals surface area contributed by atoms with Crippen LogP contribution in [0.15, 0.2) is 24.3 Å². The predicted octanol–water partition coefficient (Wildman–Crippen LogP) is 2.37. The first-order valence-corrected chi connectivity index (χ1v) is 5.89. The summed E-state index contributed by atoms with van der Waals surface area (Å²) in [5, 5.41) is 9.11. The number of hydrogen-bond acceptors (Lipinski definition) is 1. The molecule has 1 aliphatic carbocycles. The van der Waals surface area contributed by atoms with E-state index in [0.29, 0.717) is 24.8 Å². The van der Waals surface area contributed by atoms with E-state index in [4.69, 9.17) is 5.11 Å². The zero-order chi connectivity index (χ0) is 12.0. The van der Waals surface area contributed by atoms with Crippen LogP contribution >= 0.6 is 0 Å². The number of amides is 1. The summed E-state index contributed by atoms with van der Waals surface area (Å²) in [6.07, 6.45) is 1.02. The fourth-order valence-electron chi connectivity index (χ4n) is 2.91. The van der Waals surface area contributed by atoms with Crippen molar-refractivity contribution < 1.29 is 14.3 Å². The molecular formula is C13H14FNO2. The number of carboxylic acid groups (broad SMARTS) is 1. The van der Waals surface area contributed by atoms with Crippen LogP contribution in [0.2, 0.25) is 0 Å². The first-order valence-electron chi connectivity index (χ1n) is 5.89. The van der Waals surface area contributed by atoms with Gasteiger partial charge in [-0.2, -0.15) is 0 Å². The highest BCUT2D eigenvalue weighted by Gasteiger charge is 2.53. The standard InChI is InChI=1S/C13H14FNO2/c14-10-3-1-8(2-4-10)5-12-11-6-9(11)7-15(12)13(16)17/h1-4,9,11-12H,5-7H2,(H,16,17). The van der Waals surface area contributed by atoms with Gasteiger partial charge in [-0.05, 0) is 42.4 Å². The molecule has 0 aromatic heterocycles. The number of likely N-dealkylation sites (tertiary alicyclic amines) is 1. The maximum Gasteiger partial charge on any atom is 0.407 e. The Bertz CT molecular complexity index is 445. The van der Waals surface area contributed by atoms with Crippen LogP contribution in [0.5, 0.6) is 0 Å². The van der Waals surface area contributed by atoms with E-state index in [0.717, 1.165) is 12.0 Å². The molecule has 3 nitrogen and oxygen atoms in total. The molecule has 1 amide bonds. The molecule has 90 valence electrons. The molecule has 1 aliphatic heterocycles. The summed E-state index contributed by atoms with van der Waals surface area (Å²) in [7, 11) is 0. The Morgan fingerprint density at radius 3 is 2.76 bits per heavy atom. The molecule has 1 saturated heterocycles. The van der Waals surface area contributed by atoms with Gasteiger partial charge in [-0.3, -0.25) is 0 Å². The van der Waals surface area contributed by atoms with Gasteiger partial charge in [0.25, 0.3) is 0 Å². The van der Waals surface area contributed by atoms with Gasteiger partial charge in [0.05, 0.1) is 0 Å². The minimum Gasteiger partial charge on any atom is -0.465 e. The van der Waals surface area contributed by atoms with Crippen LogP contribution < -0.4 is 0 Å². The van der Waals surface area contributed by atoms with E-state index in [-0.39, 0.29) is 11.9 Å². The van der Waals surface area contributed by atoms with Crippen molar-refractivity contribution in [1.82, 2.24) is 4.90 Å². The highest BCUT2D eigenvalue weighted by atomic mass is 19.1. The van der Waals surface area contributed by atoms with E-state index in [2.05, 4.69) is 0 Å². The van der Waals surface area contributed by atoms with Crippen LogP contribution in [0.3, 0.4) is 0 Å². The molecule has 3 atom stereocenters. The average molecular weight is 235 g/mol. The van der Waals surface area contributed by atoms with Crippen LogP contribution in [0.25, 0.3) is 0 Å². The molecule has 1 heterocycles. The monoisotopic (exact) mass is 235 g/mol. The molecule has 2 fully saturated rings. The molecular weight excluding hydrogens is 221 g/mol. The molecule has 1 aromatic rings. The second kappa shape index (κ2) is 3.72. The Morgan fingerprint density at radius 2 is 2.12 bits per heavy atom. The van der Waals surface area contributed by atoms with E-state index in [1.807, 2.05) is 0 Å². The molecule has 0 radical (unpaired) electrons. The minimum atomic E-state index is -0.829. The van der Waals surface area contributed by atoms with E-state index >= 15 is 0 Å². The summed E-state index contributed by atoms with van der Waals surface area (Å²) in [6, 6.07) is 6.43. The molecule has 2 aliphatic rings. The van der Waals surface area contributed by atoms with Crippen molar-refractivity contribution in [3.63, 3.8) is 0 Å². The number of benzene rings is 1. The Kier molecular flexibility index (Phi) is 2.31. The van der Waals surface area contributed by atoms with Crippen molar-refractivity contribution in [2.45, 2.75) is 18.9 Å². The third-order valence-corrected chi connectivity index (χ3v) is 3.91. The zero-order valence-electron chi connectivity index (χ0n) is 9.34. The number of piperidine rings is 1. The van der Waals surface area contributed by atoms with Gasteiger partial charge in [0, 0.05) is 12.6 Å². The van der Waals surface area contributed by atoms with E-state index < -0.39 is 6.09 Å². The minimum absolute atomic E-state index is 0.0861. The predicted molar refractivity (Wildman–Crippen MR) is 60.2 cm³/mol. The van der Waals surface area contributed by atoms with E-state index in [9.17, 15) is 9.18 Å². The van der Waals surface area contributed by atoms with Crippen LogP contribution in [0, 0.1) is 17.7 Å². The fourth-order valence-corrected chi connectivity index (χ4v) is 2.91. The van der Waals surface area contributed by atoms with Gasteiger partial charge >= 0.3 is 6.09 Å². The number of fused-ring (bicyclic) bond motifs is 1. The molecule has 1 aromatic carbocycles. The van der Waals surface area contributed by atoms with Gasteiger partial charge in [0.15, 0.2) is 0 Å². The largest absolute Gasteiger partial charge is 0.465 e. The lowest BCUT2D eigenvalue weighted by molar-refractivity contribution is 0.131. The smallest absolute Gasteiger partial charge is 0.407 e. The van der Waals surface area contributed by atoms with Crippen LogP contribution in [-0.2, 0) is 6.42 Å². The lowest BCUT2D eigenvalue weighted by Crippen LogP contribution is -2.38. The summed E-state index contributed by atoms with van der Waals surface area (Å²) in [5.74, 6) is 0.840. The molecule has 17 heavy (non-hydrogen) atoms. The summed E-state index contributed by atoms with van der Waals surface area (Å²) in [4.78, 5) is 12.6. The Hall–Kier alpha value is -1.58. The van der Waals surface area contributed by atoms with Crippen molar-refractivity contribution in [1.29, 1.82) is 0 Å². The molecule has 1 saturated carbocycles. The van der Waals surface area contributed by atoms with Crippen molar-refractivity contribution in [2.75, 3.05) is 6.54 Å². The summed E-state index contributed by atoms with van der Waals surface area (Å²) in [5.41, 5.74) is 1.01. The van der Waals surface area contributed by atoms with E-state index in [1.165, 1.54) is 12.1 Å². The maximum atomic E-state index is 12.8. The summed E-state index contributed by atoms with van der Waals surface area (Å²) < 4.78 is 12.8. The Morgan fingerprint density at radius 1 is 1.41 bits per heavy atom. The Balaban J connectivity index is 1.75. The van der Waals surface area contributed by atoms with Gasteiger partial charge in [-0.1, -0.05) is 12.1 Å². The lowest BCUT2D eigenvalue weighted by atomic mass is 10.0. The number of nitrogens with zero attached hydrogens (tertiary/aromatic N) is 1. The fraction of sp³-hybridized carbons (Fsp3) is 0.462. The number of rotatable bonds is 2. The van der Waals surface area contributed by atoms with Crippen LogP contribution in [-0.4, -0.2) is 28.7 Å². The topological polar surface area (TPSA) is 40.5 Å². The normalized spacial score (nSPS) is 30.2. The van der Waals surface area contributed by atoms with Crippen LogP contribution in [0.4, 0.5) is 9.18 Å². The van der Waals surface area contributed by atoms with Gasteiger partial charge in [0.2, 0.25) is 0 Å². The quantitative estimate of drug-likeness (QED) is 0.854. The average Bonchev–Trinajstić information content (AvgIpc) is 2.98. The molecule has 0 spiro atoms. The van der Waals surface area contributed by atoms with Gasteiger partial charge < -0.3 is 10.0 Å². The van der Waals surface area contributed by atoms with Crippen molar-refractivity contribution >= 4 is 6.09 Å². The van der Waals surface area contributed by atoms with Gasteiger partial charge in [0.1, 0.15) is 5.82 Å². The van der Waals surface area contributed by atoms with Crippen molar-refractivity contribution in [3.05, 3.63) is 35.6 Å². The van der Waals surface area contributed by atoms with Gasteiger partial charge in [-0.25, -0.2) is 9.18 Å². The highest BCUT2D eigenvalue weighted by molar-refractivity contribution is 5.66. The second-order valence-electron chi connectivity index (χ2n) is 4.99. The van der Waals surface area contributed by atoms with Crippen molar-refractivity contribution in [3.8, 4) is 0 Å². The Labute approximate surface area is 98.9 Å². The first-order chi connectivity index (χ1) is 8.15. The number of hydrogen-bond donors (Lipinski definition) is 1. The second-order valence-corrected chi connectivity index (χ2v) is 4.99. The SMILES string of the molecule is O=C(O)N1CC2CC2C1Cc1ccc(F)cc1. The molecule has 3 unspecified atom stereocenters. The van der Waals surface area contributed by atoms with Crippen molar-refractivity contribution in [2.24, 2.45) is 11.8 Å². The number of carbonyl (C=O) groups is 1. The molecule has 0 bridgehead atoms. The molecule has 1 N–H and O–H groups in total.